The van der Waals surface area contributed by atoms with E-state index >= 15 is 0 Å². The van der Waals surface area contributed by atoms with E-state index in [9.17, 15) is 9.59 Å². The third-order valence-electron chi connectivity index (χ3n) is 5.09. The van der Waals surface area contributed by atoms with E-state index in [1.807, 2.05) is 0 Å². The van der Waals surface area contributed by atoms with E-state index in [1.165, 1.54) is 0 Å². The van der Waals surface area contributed by atoms with Crippen molar-refractivity contribution in [1.82, 2.24) is 9.80 Å². The summed E-state index contributed by atoms with van der Waals surface area (Å²) in [5.74, 6) is -1.05. The first-order valence-corrected chi connectivity index (χ1v) is 10.9. The van der Waals surface area contributed by atoms with Crippen LogP contribution in [0.1, 0.15) is 40.5 Å². The van der Waals surface area contributed by atoms with Crippen LogP contribution in [0.4, 0.5) is 0 Å². The first-order chi connectivity index (χ1) is 14.2. The van der Waals surface area contributed by atoms with Crippen LogP contribution >= 0.6 is 0 Å². The molecule has 2 fully saturated rings. The molecule has 2 rings (SSSR count). The highest BCUT2D eigenvalue weighted by molar-refractivity contribution is 5.91. The summed E-state index contributed by atoms with van der Waals surface area (Å²) in [5.41, 5.74) is -0.256. The van der Waals surface area contributed by atoms with Gasteiger partial charge in [0.15, 0.2) is 0 Å². The number of nitrogens with zero attached hydrogens (tertiary/aromatic N) is 2. The highest BCUT2D eigenvalue weighted by atomic mass is 16.5. The second-order valence-electron chi connectivity index (χ2n) is 9.14. The molecule has 8 nitrogen and oxygen atoms in total. The maximum Gasteiger partial charge on any atom is 0.331 e. The van der Waals surface area contributed by atoms with E-state index < -0.39 is 11.9 Å². The lowest BCUT2D eigenvalue weighted by Gasteiger charge is -2.38. The zero-order chi connectivity index (χ0) is 22.0. The molecule has 0 amide bonds. The number of carbonyl (C=O) groups is 2. The number of hydrogen-bond acceptors (Lipinski definition) is 8. The van der Waals surface area contributed by atoms with Crippen molar-refractivity contribution >= 4 is 11.9 Å². The summed E-state index contributed by atoms with van der Waals surface area (Å²) in [6.45, 7) is 15.6. The van der Waals surface area contributed by atoms with Crippen molar-refractivity contribution in [3.8, 4) is 0 Å². The van der Waals surface area contributed by atoms with Gasteiger partial charge in [-0.1, -0.05) is 0 Å². The summed E-state index contributed by atoms with van der Waals surface area (Å²) in [6, 6.07) is 0. The Labute approximate surface area is 180 Å². The Morgan fingerprint density at radius 1 is 0.800 bits per heavy atom. The fraction of sp³-hybridized carbons (Fsp3) is 0.818. The van der Waals surface area contributed by atoms with Crippen molar-refractivity contribution in [3.63, 3.8) is 0 Å². The van der Waals surface area contributed by atoms with Crippen LogP contribution in [0.15, 0.2) is 12.2 Å². The van der Waals surface area contributed by atoms with E-state index in [0.717, 1.165) is 77.5 Å². The average molecular weight is 427 g/mol. The van der Waals surface area contributed by atoms with Crippen molar-refractivity contribution in [3.05, 3.63) is 12.2 Å². The van der Waals surface area contributed by atoms with Gasteiger partial charge in [-0.3, -0.25) is 9.80 Å². The summed E-state index contributed by atoms with van der Waals surface area (Å²) in [4.78, 5) is 28.1. The van der Waals surface area contributed by atoms with Crippen molar-refractivity contribution in [2.45, 2.75) is 51.7 Å². The molecule has 0 aromatic rings. The van der Waals surface area contributed by atoms with Crippen LogP contribution in [0, 0.1) is 0 Å². The van der Waals surface area contributed by atoms with Gasteiger partial charge >= 0.3 is 11.9 Å². The summed E-state index contributed by atoms with van der Waals surface area (Å²) in [5, 5.41) is 0. The molecule has 172 valence electrons. The van der Waals surface area contributed by atoms with Gasteiger partial charge in [0.25, 0.3) is 0 Å². The summed E-state index contributed by atoms with van der Waals surface area (Å²) >= 11 is 0. The van der Waals surface area contributed by atoms with Gasteiger partial charge in [-0.25, -0.2) is 9.59 Å². The molecule has 0 saturated carbocycles. The monoisotopic (exact) mass is 426 g/mol. The lowest BCUT2D eigenvalue weighted by molar-refractivity contribution is -0.141. The molecule has 2 aliphatic heterocycles. The molecule has 2 heterocycles. The fourth-order valence-corrected chi connectivity index (χ4v) is 3.76. The van der Waals surface area contributed by atoms with Crippen LogP contribution < -0.4 is 0 Å². The maximum absolute atomic E-state index is 11.7. The molecular formula is C22H38N2O6. The van der Waals surface area contributed by atoms with Gasteiger partial charge in [0.05, 0.1) is 37.6 Å². The van der Waals surface area contributed by atoms with Gasteiger partial charge < -0.3 is 18.9 Å². The van der Waals surface area contributed by atoms with Crippen LogP contribution in [-0.2, 0) is 28.5 Å². The van der Waals surface area contributed by atoms with E-state index in [2.05, 4.69) is 37.5 Å². The minimum absolute atomic E-state index is 0.128. The SMILES string of the molecule is CC1(C)CN(CCCOC(=O)/C=C/C(=O)OCCCN2CCOC(C)(C)C2)CCO1. The van der Waals surface area contributed by atoms with Crippen LogP contribution in [0.2, 0.25) is 0 Å². The molecule has 8 heteroatoms. The summed E-state index contributed by atoms with van der Waals surface area (Å²) in [6.07, 6.45) is 3.76. The van der Waals surface area contributed by atoms with E-state index in [4.69, 9.17) is 18.9 Å². The molecule has 0 aromatic carbocycles. The first-order valence-electron chi connectivity index (χ1n) is 10.9. The predicted molar refractivity (Wildman–Crippen MR) is 113 cm³/mol. The minimum atomic E-state index is -0.523. The van der Waals surface area contributed by atoms with Crippen LogP contribution in [-0.4, -0.2) is 98.6 Å². The second kappa shape index (κ2) is 11.8. The van der Waals surface area contributed by atoms with Crippen molar-refractivity contribution in [1.29, 1.82) is 0 Å². The standard InChI is InChI=1S/C22H38N2O6/c1-21(2)17-23(11-15-29-21)9-5-13-27-19(25)7-8-20(26)28-14-6-10-24-12-16-30-22(3,4)18-24/h7-8H,5-6,9-18H2,1-4H3/b8-7+. The van der Waals surface area contributed by atoms with Crippen molar-refractivity contribution in [2.75, 3.05) is 65.7 Å². The molecule has 0 aliphatic carbocycles. The molecule has 0 unspecified atom stereocenters. The molecule has 0 N–H and O–H groups in total. The van der Waals surface area contributed by atoms with Gasteiger partial charge in [0.2, 0.25) is 0 Å². The maximum atomic E-state index is 11.7. The van der Waals surface area contributed by atoms with Gasteiger partial charge in [-0.05, 0) is 40.5 Å². The quantitative estimate of drug-likeness (QED) is 0.296. The molecule has 0 spiro atoms. The average Bonchev–Trinajstić information content (AvgIpc) is 2.65. The summed E-state index contributed by atoms with van der Waals surface area (Å²) in [7, 11) is 0. The van der Waals surface area contributed by atoms with E-state index in [1.54, 1.807) is 0 Å². The summed E-state index contributed by atoms with van der Waals surface area (Å²) < 4.78 is 21.7. The first kappa shape index (κ1) is 24.8. The Morgan fingerprint density at radius 2 is 1.20 bits per heavy atom. The van der Waals surface area contributed by atoms with Crippen LogP contribution in [0.3, 0.4) is 0 Å². The molecule has 0 bridgehead atoms. The molecule has 30 heavy (non-hydrogen) atoms. The zero-order valence-electron chi connectivity index (χ0n) is 19.0. The van der Waals surface area contributed by atoms with Crippen molar-refractivity contribution < 1.29 is 28.5 Å². The van der Waals surface area contributed by atoms with Crippen molar-refractivity contribution in [2.24, 2.45) is 0 Å². The third kappa shape index (κ3) is 10.0. The lowest BCUT2D eigenvalue weighted by Crippen LogP contribution is -2.48. The highest BCUT2D eigenvalue weighted by Crippen LogP contribution is 2.17. The fourth-order valence-electron chi connectivity index (χ4n) is 3.76. The lowest BCUT2D eigenvalue weighted by atomic mass is 10.1. The smallest absolute Gasteiger partial charge is 0.331 e. The topological polar surface area (TPSA) is 77.5 Å². The Balaban J connectivity index is 1.50. The number of hydrogen-bond donors (Lipinski definition) is 0. The number of ether oxygens (including phenoxy) is 4. The molecule has 0 atom stereocenters. The molecule has 0 radical (unpaired) electrons. The van der Waals surface area contributed by atoms with Crippen LogP contribution in [0.5, 0.6) is 0 Å². The van der Waals surface area contributed by atoms with Crippen LogP contribution in [0.25, 0.3) is 0 Å². The van der Waals surface area contributed by atoms with E-state index in [-0.39, 0.29) is 11.2 Å². The molecular weight excluding hydrogens is 388 g/mol. The van der Waals surface area contributed by atoms with E-state index in [0.29, 0.717) is 13.2 Å². The van der Waals surface area contributed by atoms with Gasteiger partial charge in [-0.2, -0.15) is 0 Å². The molecule has 0 aromatic heterocycles. The number of esters is 2. The molecule has 2 aliphatic rings. The van der Waals surface area contributed by atoms with Gasteiger partial charge in [0.1, 0.15) is 0 Å². The van der Waals surface area contributed by atoms with Gasteiger partial charge in [0, 0.05) is 51.4 Å². The number of carbonyl (C=O) groups excluding carboxylic acids is 2. The largest absolute Gasteiger partial charge is 0.462 e. The minimum Gasteiger partial charge on any atom is -0.462 e. The Kier molecular flexibility index (Phi) is 9.74. The normalized spacial score (nSPS) is 22.1. The van der Waals surface area contributed by atoms with Gasteiger partial charge in [-0.15, -0.1) is 0 Å². The number of rotatable bonds is 10. The Morgan fingerprint density at radius 3 is 1.57 bits per heavy atom. The number of morpholine rings is 2. The second-order valence-corrected chi connectivity index (χ2v) is 9.14. The Hall–Kier alpha value is -1.48. The Bertz CT molecular complexity index is 540. The molecule has 2 saturated heterocycles. The highest BCUT2D eigenvalue weighted by Gasteiger charge is 2.27. The zero-order valence-corrected chi connectivity index (χ0v) is 19.0. The predicted octanol–water partition coefficient (Wildman–Crippen LogP) is 1.63. The third-order valence-corrected chi connectivity index (χ3v) is 5.09.